The fourth-order valence-corrected chi connectivity index (χ4v) is 5.32. The summed E-state index contributed by atoms with van der Waals surface area (Å²) in [5.41, 5.74) is 2.21. The highest BCUT2D eigenvalue weighted by Crippen LogP contribution is 2.28. The molecule has 4 rings (SSSR count). The maximum Gasteiger partial charge on any atom is 0.305 e. The molecule has 0 amide bonds. The van der Waals surface area contributed by atoms with Crippen LogP contribution in [-0.4, -0.2) is 43.7 Å². The molecule has 1 unspecified atom stereocenters. The zero-order valence-electron chi connectivity index (χ0n) is 18.0. The van der Waals surface area contributed by atoms with Gasteiger partial charge < -0.3 is 9.67 Å². The molecule has 2 N–H and O–H groups in total. The van der Waals surface area contributed by atoms with Gasteiger partial charge in [-0.2, -0.15) is 0 Å². The van der Waals surface area contributed by atoms with Crippen molar-refractivity contribution in [1.29, 1.82) is 0 Å². The lowest BCUT2D eigenvalue weighted by Gasteiger charge is -2.18. The van der Waals surface area contributed by atoms with Crippen LogP contribution in [0.15, 0.2) is 88.9 Å². The maximum absolute atomic E-state index is 12.8. The van der Waals surface area contributed by atoms with E-state index in [-0.39, 0.29) is 21.9 Å². The zero-order valence-corrected chi connectivity index (χ0v) is 19.6. The van der Waals surface area contributed by atoms with Gasteiger partial charge in [-0.25, -0.2) is 21.8 Å². The van der Waals surface area contributed by atoms with E-state index in [1.807, 2.05) is 30.3 Å². The number of imidazole rings is 1. The first kappa shape index (κ1) is 23.5. The summed E-state index contributed by atoms with van der Waals surface area (Å²) in [5.74, 6) is -0.957. The van der Waals surface area contributed by atoms with Crippen LogP contribution in [0.25, 0.3) is 11.0 Å². The average Bonchev–Trinajstić information content (AvgIpc) is 3.20. The van der Waals surface area contributed by atoms with Crippen LogP contribution in [-0.2, 0) is 24.7 Å². The SMILES string of the molecule is CS(=O)(=O)c1ccc(S(=O)(=O)Nc2ccc3c(c2)ncn3C(CC(=O)O)c2ccccc2)cc1. The maximum atomic E-state index is 12.8. The van der Waals surface area contributed by atoms with Crippen LogP contribution in [0, 0.1) is 0 Å². The predicted octanol–water partition coefficient (Wildman–Crippen LogP) is 3.30. The van der Waals surface area contributed by atoms with Crippen molar-refractivity contribution in [3.8, 4) is 0 Å². The second kappa shape index (κ2) is 8.92. The number of carbonyl (C=O) groups is 1. The number of nitrogens with one attached hydrogen (secondary N) is 1. The second-order valence-corrected chi connectivity index (χ2v) is 11.4. The minimum Gasteiger partial charge on any atom is -0.481 e. The molecule has 0 fully saturated rings. The van der Waals surface area contributed by atoms with E-state index in [0.717, 1.165) is 11.8 Å². The summed E-state index contributed by atoms with van der Waals surface area (Å²) in [4.78, 5) is 15.8. The van der Waals surface area contributed by atoms with E-state index in [9.17, 15) is 26.7 Å². The quantitative estimate of drug-likeness (QED) is 0.380. The number of aliphatic carboxylic acids is 1. The monoisotopic (exact) mass is 499 g/mol. The number of nitrogens with zero attached hydrogens (tertiary/aromatic N) is 2. The molecule has 4 aromatic rings. The number of hydrogen-bond donors (Lipinski definition) is 2. The molecule has 34 heavy (non-hydrogen) atoms. The summed E-state index contributed by atoms with van der Waals surface area (Å²) >= 11 is 0. The number of sulfonamides is 1. The summed E-state index contributed by atoms with van der Waals surface area (Å²) in [7, 11) is -7.41. The van der Waals surface area contributed by atoms with E-state index >= 15 is 0 Å². The van der Waals surface area contributed by atoms with Crippen LogP contribution in [0.1, 0.15) is 18.0 Å². The van der Waals surface area contributed by atoms with Gasteiger partial charge in [0.1, 0.15) is 0 Å². The van der Waals surface area contributed by atoms with Gasteiger partial charge in [0.05, 0.1) is 45.3 Å². The Balaban J connectivity index is 1.64. The number of carboxylic acids is 1. The van der Waals surface area contributed by atoms with E-state index < -0.39 is 31.9 Å². The van der Waals surface area contributed by atoms with E-state index in [0.29, 0.717) is 11.0 Å². The fourth-order valence-electron chi connectivity index (χ4n) is 3.64. The molecular weight excluding hydrogens is 478 g/mol. The molecule has 3 aromatic carbocycles. The Labute approximate surface area is 196 Å². The van der Waals surface area contributed by atoms with Gasteiger partial charge in [0, 0.05) is 6.26 Å². The normalized spacial score (nSPS) is 13.0. The summed E-state index contributed by atoms with van der Waals surface area (Å²) < 4.78 is 53.0. The van der Waals surface area contributed by atoms with Crippen molar-refractivity contribution >= 4 is 42.6 Å². The zero-order chi connectivity index (χ0) is 24.5. The lowest BCUT2D eigenvalue weighted by atomic mass is 10.0. The van der Waals surface area contributed by atoms with Crippen molar-refractivity contribution in [3.63, 3.8) is 0 Å². The number of benzene rings is 3. The van der Waals surface area contributed by atoms with Crippen molar-refractivity contribution in [2.45, 2.75) is 22.3 Å². The van der Waals surface area contributed by atoms with Crippen molar-refractivity contribution in [2.24, 2.45) is 0 Å². The number of aromatic nitrogens is 2. The first-order chi connectivity index (χ1) is 16.0. The largest absolute Gasteiger partial charge is 0.481 e. The summed E-state index contributed by atoms with van der Waals surface area (Å²) in [6, 6.07) is 18.4. The Morgan fingerprint density at radius 1 is 0.971 bits per heavy atom. The highest BCUT2D eigenvalue weighted by Gasteiger charge is 2.21. The molecule has 9 nitrogen and oxygen atoms in total. The molecule has 0 saturated heterocycles. The molecule has 1 aromatic heterocycles. The smallest absolute Gasteiger partial charge is 0.305 e. The van der Waals surface area contributed by atoms with Crippen molar-refractivity contribution in [3.05, 3.63) is 84.7 Å². The first-order valence-corrected chi connectivity index (χ1v) is 13.5. The third-order valence-corrected chi connectivity index (χ3v) is 7.80. The Bertz CT molecular complexity index is 1560. The molecule has 176 valence electrons. The highest BCUT2D eigenvalue weighted by atomic mass is 32.2. The summed E-state index contributed by atoms with van der Waals surface area (Å²) in [5, 5.41) is 9.41. The fraction of sp³-hybridized carbons (Fsp3) is 0.130. The van der Waals surface area contributed by atoms with E-state index in [2.05, 4.69) is 9.71 Å². The Morgan fingerprint density at radius 3 is 2.24 bits per heavy atom. The topological polar surface area (TPSA) is 135 Å². The molecule has 0 spiro atoms. The van der Waals surface area contributed by atoms with Crippen LogP contribution in [0.4, 0.5) is 5.69 Å². The standard InChI is InChI=1S/C23H21N3O6S2/c1-33(29,30)18-8-10-19(11-9-18)34(31,32)25-17-7-12-21-20(13-17)24-15-26(21)22(14-23(27)28)16-5-3-2-4-6-16/h2-13,15,22,25H,14H2,1H3,(H,27,28). The van der Waals surface area contributed by atoms with E-state index in [1.54, 1.807) is 22.8 Å². The molecular formula is C23H21N3O6S2. The van der Waals surface area contributed by atoms with E-state index in [4.69, 9.17) is 0 Å². The van der Waals surface area contributed by atoms with Crippen molar-refractivity contribution in [2.75, 3.05) is 11.0 Å². The van der Waals surface area contributed by atoms with Gasteiger partial charge in [0.2, 0.25) is 0 Å². The van der Waals surface area contributed by atoms with Crippen LogP contribution in [0.2, 0.25) is 0 Å². The third-order valence-electron chi connectivity index (χ3n) is 5.28. The molecule has 11 heteroatoms. The Morgan fingerprint density at radius 2 is 1.62 bits per heavy atom. The molecule has 0 saturated carbocycles. The molecule has 0 aliphatic heterocycles. The molecule has 0 radical (unpaired) electrons. The predicted molar refractivity (Wildman–Crippen MR) is 127 cm³/mol. The molecule has 0 aliphatic carbocycles. The number of anilines is 1. The molecule has 0 bridgehead atoms. The van der Waals surface area contributed by atoms with Crippen LogP contribution in [0.3, 0.4) is 0 Å². The Kier molecular flexibility index (Phi) is 6.15. The van der Waals surface area contributed by atoms with Gasteiger partial charge in [-0.3, -0.25) is 9.52 Å². The van der Waals surface area contributed by atoms with Gasteiger partial charge in [-0.15, -0.1) is 0 Å². The minimum atomic E-state index is -3.97. The molecule has 1 heterocycles. The summed E-state index contributed by atoms with van der Waals surface area (Å²) in [6.45, 7) is 0. The van der Waals surface area contributed by atoms with Gasteiger partial charge in [0.25, 0.3) is 10.0 Å². The van der Waals surface area contributed by atoms with Crippen LogP contribution in [0.5, 0.6) is 0 Å². The van der Waals surface area contributed by atoms with Crippen molar-refractivity contribution < 1.29 is 26.7 Å². The van der Waals surface area contributed by atoms with Crippen molar-refractivity contribution in [1.82, 2.24) is 9.55 Å². The summed E-state index contributed by atoms with van der Waals surface area (Å²) in [6.07, 6.45) is 2.43. The van der Waals surface area contributed by atoms with Gasteiger partial charge in [-0.05, 0) is 48.0 Å². The van der Waals surface area contributed by atoms with E-state index in [1.165, 1.54) is 30.6 Å². The number of rotatable bonds is 8. The lowest BCUT2D eigenvalue weighted by molar-refractivity contribution is -0.137. The first-order valence-electron chi connectivity index (χ1n) is 10.1. The number of hydrogen-bond acceptors (Lipinski definition) is 6. The van der Waals surface area contributed by atoms with Crippen LogP contribution >= 0.6 is 0 Å². The molecule has 0 aliphatic rings. The minimum absolute atomic E-state index is 0.0211. The van der Waals surface area contributed by atoms with Gasteiger partial charge in [-0.1, -0.05) is 30.3 Å². The molecule has 1 atom stereocenters. The van der Waals surface area contributed by atoms with Crippen LogP contribution < -0.4 is 4.72 Å². The number of carboxylic acid groups (broad SMARTS) is 1. The Hall–Kier alpha value is -3.70. The number of fused-ring (bicyclic) bond motifs is 1. The average molecular weight is 500 g/mol. The highest BCUT2D eigenvalue weighted by molar-refractivity contribution is 7.92. The second-order valence-electron chi connectivity index (χ2n) is 7.73. The third kappa shape index (κ3) is 4.95. The number of sulfone groups is 1. The van der Waals surface area contributed by atoms with Gasteiger partial charge >= 0.3 is 5.97 Å². The lowest BCUT2D eigenvalue weighted by Crippen LogP contribution is -2.14. The van der Waals surface area contributed by atoms with Gasteiger partial charge in [0.15, 0.2) is 9.84 Å².